The SMILES string of the molecule is O=C1OCC(CCc2ccccc2Br)N1C(CCN1CCOCC1)c1ccccc1. The summed E-state index contributed by atoms with van der Waals surface area (Å²) in [4.78, 5) is 17.2. The van der Waals surface area contributed by atoms with Crippen LogP contribution >= 0.6 is 15.9 Å². The monoisotopic (exact) mass is 472 g/mol. The summed E-state index contributed by atoms with van der Waals surface area (Å²) in [6.45, 7) is 4.90. The molecule has 2 aromatic carbocycles. The molecule has 2 saturated heterocycles. The summed E-state index contributed by atoms with van der Waals surface area (Å²) in [5, 5.41) is 0. The average molecular weight is 473 g/mol. The molecule has 5 nitrogen and oxygen atoms in total. The van der Waals surface area contributed by atoms with Gasteiger partial charge in [0, 0.05) is 24.1 Å². The highest BCUT2D eigenvalue weighted by Crippen LogP contribution is 2.33. The van der Waals surface area contributed by atoms with E-state index < -0.39 is 0 Å². The fourth-order valence-corrected chi connectivity index (χ4v) is 4.85. The van der Waals surface area contributed by atoms with Crippen LogP contribution in [0.25, 0.3) is 0 Å². The minimum absolute atomic E-state index is 0.0215. The highest BCUT2D eigenvalue weighted by Gasteiger charge is 2.38. The maximum atomic E-state index is 12.8. The molecule has 6 heteroatoms. The van der Waals surface area contributed by atoms with Gasteiger partial charge >= 0.3 is 6.09 Å². The number of morpholine rings is 1. The molecule has 0 bridgehead atoms. The van der Waals surface area contributed by atoms with Crippen LogP contribution in [-0.2, 0) is 15.9 Å². The average Bonchev–Trinajstić information content (AvgIpc) is 3.15. The lowest BCUT2D eigenvalue weighted by atomic mass is 9.98. The van der Waals surface area contributed by atoms with Crippen LogP contribution < -0.4 is 0 Å². The summed E-state index contributed by atoms with van der Waals surface area (Å²) in [6.07, 6.45) is 2.49. The van der Waals surface area contributed by atoms with Crippen LogP contribution in [0.1, 0.15) is 30.0 Å². The quantitative estimate of drug-likeness (QED) is 0.559. The van der Waals surface area contributed by atoms with Gasteiger partial charge in [0.1, 0.15) is 6.61 Å². The number of rotatable bonds is 8. The lowest BCUT2D eigenvalue weighted by molar-refractivity contribution is 0.0333. The molecule has 4 rings (SSSR count). The van der Waals surface area contributed by atoms with Crippen LogP contribution in [0, 0.1) is 0 Å². The van der Waals surface area contributed by atoms with Crippen molar-refractivity contribution < 1.29 is 14.3 Å². The number of hydrogen-bond acceptors (Lipinski definition) is 4. The van der Waals surface area contributed by atoms with Crippen LogP contribution in [-0.4, -0.2) is 61.4 Å². The molecule has 0 saturated carbocycles. The van der Waals surface area contributed by atoms with Crippen molar-refractivity contribution in [1.29, 1.82) is 0 Å². The minimum Gasteiger partial charge on any atom is -0.447 e. The predicted molar refractivity (Wildman–Crippen MR) is 120 cm³/mol. The first-order valence-corrected chi connectivity index (χ1v) is 11.5. The topological polar surface area (TPSA) is 42.0 Å². The molecule has 2 aliphatic rings. The van der Waals surface area contributed by atoms with E-state index in [-0.39, 0.29) is 18.2 Å². The molecule has 2 atom stereocenters. The van der Waals surface area contributed by atoms with Crippen LogP contribution in [0.5, 0.6) is 0 Å². The zero-order chi connectivity index (χ0) is 20.8. The smallest absolute Gasteiger partial charge is 0.410 e. The Bertz CT molecular complexity index is 826. The highest BCUT2D eigenvalue weighted by atomic mass is 79.9. The second-order valence-corrected chi connectivity index (χ2v) is 8.79. The van der Waals surface area contributed by atoms with E-state index in [2.05, 4.69) is 63.3 Å². The molecule has 2 heterocycles. The number of nitrogens with zero attached hydrogens (tertiary/aromatic N) is 2. The molecular formula is C24H29BrN2O3. The Kier molecular flexibility index (Phi) is 7.42. The van der Waals surface area contributed by atoms with Crippen molar-refractivity contribution in [3.05, 3.63) is 70.2 Å². The highest BCUT2D eigenvalue weighted by molar-refractivity contribution is 9.10. The van der Waals surface area contributed by atoms with Gasteiger partial charge in [0.05, 0.1) is 25.3 Å². The molecule has 0 aromatic heterocycles. The largest absolute Gasteiger partial charge is 0.447 e. The molecule has 1 amide bonds. The van der Waals surface area contributed by atoms with E-state index in [4.69, 9.17) is 9.47 Å². The van der Waals surface area contributed by atoms with E-state index >= 15 is 0 Å². The molecule has 2 aliphatic heterocycles. The Hall–Kier alpha value is -1.89. The van der Waals surface area contributed by atoms with Crippen LogP contribution in [0.4, 0.5) is 4.79 Å². The second kappa shape index (κ2) is 10.4. The molecular weight excluding hydrogens is 444 g/mol. The number of amides is 1. The predicted octanol–water partition coefficient (Wildman–Crippen LogP) is 4.67. The summed E-state index contributed by atoms with van der Waals surface area (Å²) >= 11 is 3.64. The summed E-state index contributed by atoms with van der Waals surface area (Å²) in [5.74, 6) is 0. The molecule has 0 radical (unpaired) electrons. The van der Waals surface area contributed by atoms with E-state index in [1.54, 1.807) is 0 Å². The van der Waals surface area contributed by atoms with Crippen molar-refractivity contribution >= 4 is 22.0 Å². The van der Waals surface area contributed by atoms with Gasteiger partial charge in [-0.3, -0.25) is 9.80 Å². The van der Waals surface area contributed by atoms with Gasteiger partial charge in [-0.15, -0.1) is 0 Å². The molecule has 2 unspecified atom stereocenters. The third-order valence-electron chi connectivity index (χ3n) is 6.05. The van der Waals surface area contributed by atoms with E-state index in [0.717, 1.165) is 56.6 Å². The lowest BCUT2D eigenvalue weighted by Crippen LogP contribution is -2.41. The fourth-order valence-electron chi connectivity index (χ4n) is 4.37. The Morgan fingerprint density at radius 2 is 1.77 bits per heavy atom. The summed E-state index contributed by atoms with van der Waals surface area (Å²) in [7, 11) is 0. The fraction of sp³-hybridized carbons (Fsp3) is 0.458. The van der Waals surface area contributed by atoms with Gasteiger partial charge in [-0.1, -0.05) is 64.5 Å². The Morgan fingerprint density at radius 3 is 2.53 bits per heavy atom. The number of halogens is 1. The summed E-state index contributed by atoms with van der Waals surface area (Å²) < 4.78 is 12.1. The van der Waals surface area contributed by atoms with Crippen molar-refractivity contribution in [2.45, 2.75) is 31.3 Å². The third kappa shape index (κ3) is 5.23. The third-order valence-corrected chi connectivity index (χ3v) is 6.82. The maximum absolute atomic E-state index is 12.8. The number of benzene rings is 2. The second-order valence-electron chi connectivity index (χ2n) is 7.94. The number of hydrogen-bond donors (Lipinski definition) is 0. The van der Waals surface area contributed by atoms with Gasteiger partial charge in [-0.05, 0) is 36.5 Å². The maximum Gasteiger partial charge on any atom is 0.410 e. The Labute approximate surface area is 187 Å². The lowest BCUT2D eigenvalue weighted by Gasteiger charge is -2.34. The number of carbonyl (C=O) groups is 1. The van der Waals surface area contributed by atoms with Crippen LogP contribution in [0.15, 0.2) is 59.1 Å². The molecule has 2 aromatic rings. The molecule has 0 spiro atoms. The first-order chi connectivity index (χ1) is 14.7. The van der Waals surface area contributed by atoms with Gasteiger partial charge in [-0.25, -0.2) is 4.79 Å². The van der Waals surface area contributed by atoms with Gasteiger partial charge in [0.25, 0.3) is 0 Å². The Morgan fingerprint density at radius 1 is 1.03 bits per heavy atom. The normalized spacial score (nSPS) is 20.9. The van der Waals surface area contributed by atoms with Gasteiger partial charge in [0.2, 0.25) is 0 Å². The number of aryl methyl sites for hydroxylation is 1. The standard InChI is InChI=1S/C24H29BrN2O3/c25-22-9-5-4-6-19(22)10-11-21-18-30-24(28)27(21)23(20-7-2-1-3-8-20)12-13-26-14-16-29-17-15-26/h1-9,21,23H,10-18H2. The van der Waals surface area contributed by atoms with E-state index in [9.17, 15) is 4.79 Å². The Balaban J connectivity index is 1.49. The molecule has 0 N–H and O–H groups in total. The van der Waals surface area contributed by atoms with Crippen molar-refractivity contribution in [3.63, 3.8) is 0 Å². The number of ether oxygens (including phenoxy) is 2. The van der Waals surface area contributed by atoms with Gasteiger partial charge in [-0.2, -0.15) is 0 Å². The van der Waals surface area contributed by atoms with E-state index in [1.807, 2.05) is 17.0 Å². The minimum atomic E-state index is -0.192. The van der Waals surface area contributed by atoms with E-state index in [0.29, 0.717) is 6.61 Å². The molecule has 30 heavy (non-hydrogen) atoms. The molecule has 0 aliphatic carbocycles. The molecule has 2 fully saturated rings. The number of cyclic esters (lactones) is 1. The van der Waals surface area contributed by atoms with E-state index in [1.165, 1.54) is 11.1 Å². The zero-order valence-electron chi connectivity index (χ0n) is 17.2. The van der Waals surface area contributed by atoms with Gasteiger partial charge in [0.15, 0.2) is 0 Å². The van der Waals surface area contributed by atoms with Crippen LogP contribution in [0.2, 0.25) is 0 Å². The summed E-state index contributed by atoms with van der Waals surface area (Å²) in [5.41, 5.74) is 2.44. The van der Waals surface area contributed by atoms with Crippen LogP contribution in [0.3, 0.4) is 0 Å². The van der Waals surface area contributed by atoms with Crippen molar-refractivity contribution in [2.24, 2.45) is 0 Å². The van der Waals surface area contributed by atoms with Crippen molar-refractivity contribution in [3.8, 4) is 0 Å². The first kappa shape index (κ1) is 21.3. The van der Waals surface area contributed by atoms with Crippen molar-refractivity contribution in [2.75, 3.05) is 39.5 Å². The first-order valence-electron chi connectivity index (χ1n) is 10.8. The zero-order valence-corrected chi connectivity index (χ0v) is 18.8. The molecule has 160 valence electrons. The summed E-state index contributed by atoms with van der Waals surface area (Å²) in [6, 6.07) is 18.8. The number of carbonyl (C=O) groups excluding carboxylic acids is 1. The van der Waals surface area contributed by atoms with Crippen molar-refractivity contribution in [1.82, 2.24) is 9.80 Å². The van der Waals surface area contributed by atoms with Gasteiger partial charge < -0.3 is 9.47 Å².